The number of aryl methyl sites for hydroxylation is 2. The van der Waals surface area contributed by atoms with Crippen molar-refractivity contribution in [1.82, 2.24) is 15.1 Å². The molecule has 0 spiro atoms. The van der Waals surface area contributed by atoms with Gasteiger partial charge in [0.05, 0.1) is 17.4 Å². The highest BCUT2D eigenvalue weighted by atomic mass is 16.3. The van der Waals surface area contributed by atoms with Gasteiger partial charge in [0.2, 0.25) is 0 Å². The van der Waals surface area contributed by atoms with Crippen molar-refractivity contribution >= 4 is 5.91 Å². The number of hydrogen-bond donors (Lipinski definition) is 2. The molecule has 5 nitrogen and oxygen atoms in total. The number of carbonyl (C=O) groups is 1. The van der Waals surface area contributed by atoms with Gasteiger partial charge < -0.3 is 10.4 Å². The van der Waals surface area contributed by atoms with E-state index in [1.54, 1.807) is 17.9 Å². The number of aliphatic hydroxyl groups excluding tert-OH is 1. The van der Waals surface area contributed by atoms with Gasteiger partial charge in [0.1, 0.15) is 0 Å². The summed E-state index contributed by atoms with van der Waals surface area (Å²) in [6.45, 7) is 6.38. The van der Waals surface area contributed by atoms with Crippen molar-refractivity contribution in [3.63, 3.8) is 0 Å². The maximum absolute atomic E-state index is 11.9. The summed E-state index contributed by atoms with van der Waals surface area (Å²) >= 11 is 0. The van der Waals surface area contributed by atoms with Crippen LogP contribution in [0.25, 0.3) is 0 Å². The Morgan fingerprint density at radius 2 is 2.22 bits per heavy atom. The second-order valence-electron chi connectivity index (χ2n) is 4.87. The minimum atomic E-state index is -0.371. The molecule has 1 aromatic heterocycles. The van der Waals surface area contributed by atoms with Crippen LogP contribution in [0.5, 0.6) is 0 Å². The molecule has 1 aromatic rings. The number of aliphatic hydroxyl groups is 1. The van der Waals surface area contributed by atoms with E-state index in [0.717, 1.165) is 12.1 Å². The minimum Gasteiger partial charge on any atom is -0.393 e. The lowest BCUT2D eigenvalue weighted by Crippen LogP contribution is -2.29. The van der Waals surface area contributed by atoms with Crippen LogP contribution in [0.4, 0.5) is 0 Å². The fraction of sp³-hybridized carbons (Fsp3) is 0.692. The highest BCUT2D eigenvalue weighted by Gasteiger charge is 2.15. The molecule has 18 heavy (non-hydrogen) atoms. The van der Waals surface area contributed by atoms with Crippen LogP contribution in [0, 0.1) is 5.92 Å². The SMILES string of the molecule is CCc1nn(C)cc1C(=O)NCCC(O)C(C)C. The zero-order chi connectivity index (χ0) is 13.7. The number of rotatable bonds is 6. The Morgan fingerprint density at radius 3 is 2.78 bits per heavy atom. The molecule has 1 atom stereocenters. The monoisotopic (exact) mass is 253 g/mol. The van der Waals surface area contributed by atoms with Crippen LogP contribution in [0.1, 0.15) is 43.2 Å². The van der Waals surface area contributed by atoms with Crippen molar-refractivity contribution in [2.75, 3.05) is 6.54 Å². The third-order valence-electron chi connectivity index (χ3n) is 2.98. The van der Waals surface area contributed by atoms with E-state index in [9.17, 15) is 9.90 Å². The predicted octanol–water partition coefficient (Wildman–Crippen LogP) is 1.12. The molecule has 1 amide bonds. The van der Waals surface area contributed by atoms with Gasteiger partial charge in [0, 0.05) is 19.8 Å². The summed E-state index contributed by atoms with van der Waals surface area (Å²) in [7, 11) is 1.80. The van der Waals surface area contributed by atoms with Crippen LogP contribution in [-0.2, 0) is 13.5 Å². The van der Waals surface area contributed by atoms with Crippen LogP contribution < -0.4 is 5.32 Å². The van der Waals surface area contributed by atoms with Gasteiger partial charge >= 0.3 is 0 Å². The fourth-order valence-corrected chi connectivity index (χ4v) is 1.75. The van der Waals surface area contributed by atoms with E-state index in [4.69, 9.17) is 0 Å². The average Bonchev–Trinajstić information content (AvgIpc) is 2.70. The molecule has 1 unspecified atom stereocenters. The number of carbonyl (C=O) groups excluding carboxylic acids is 1. The van der Waals surface area contributed by atoms with E-state index in [0.29, 0.717) is 18.5 Å². The quantitative estimate of drug-likeness (QED) is 0.798. The zero-order valence-corrected chi connectivity index (χ0v) is 11.6. The molecule has 0 fully saturated rings. The fourth-order valence-electron chi connectivity index (χ4n) is 1.75. The normalized spacial score (nSPS) is 12.8. The number of amides is 1. The maximum atomic E-state index is 11.9. The van der Waals surface area contributed by atoms with E-state index in [1.165, 1.54) is 0 Å². The van der Waals surface area contributed by atoms with Crippen LogP contribution in [0.15, 0.2) is 6.20 Å². The molecule has 0 radical (unpaired) electrons. The molecule has 5 heteroatoms. The van der Waals surface area contributed by atoms with Crippen LogP contribution in [0.3, 0.4) is 0 Å². The van der Waals surface area contributed by atoms with Gasteiger partial charge in [-0.25, -0.2) is 0 Å². The summed E-state index contributed by atoms with van der Waals surface area (Å²) in [5.74, 6) is 0.0994. The van der Waals surface area contributed by atoms with E-state index >= 15 is 0 Å². The summed E-state index contributed by atoms with van der Waals surface area (Å²) in [5, 5.41) is 16.7. The van der Waals surface area contributed by atoms with Crippen molar-refractivity contribution < 1.29 is 9.90 Å². The number of hydrogen-bond acceptors (Lipinski definition) is 3. The number of aromatic nitrogens is 2. The first kappa shape index (κ1) is 14.7. The Labute approximate surface area is 108 Å². The van der Waals surface area contributed by atoms with Crippen molar-refractivity contribution in [1.29, 1.82) is 0 Å². The first-order chi connectivity index (χ1) is 8.45. The Bertz CT molecular complexity index is 399. The standard InChI is InChI=1S/C13H23N3O2/c1-5-11-10(8-16(4)15-11)13(18)14-7-6-12(17)9(2)3/h8-9,12,17H,5-7H2,1-4H3,(H,14,18). The first-order valence-electron chi connectivity index (χ1n) is 6.44. The van der Waals surface area contributed by atoms with Gasteiger partial charge in [0.15, 0.2) is 0 Å². The van der Waals surface area contributed by atoms with Crippen molar-refractivity contribution in [3.05, 3.63) is 17.5 Å². The Balaban J connectivity index is 2.50. The molecule has 0 bridgehead atoms. The predicted molar refractivity (Wildman–Crippen MR) is 70.4 cm³/mol. The largest absolute Gasteiger partial charge is 0.393 e. The van der Waals surface area contributed by atoms with Gasteiger partial charge in [-0.05, 0) is 18.8 Å². The highest BCUT2D eigenvalue weighted by molar-refractivity contribution is 5.95. The minimum absolute atomic E-state index is 0.115. The lowest BCUT2D eigenvalue weighted by molar-refractivity contribution is 0.0919. The molecule has 0 saturated carbocycles. The van der Waals surface area contributed by atoms with Gasteiger partial charge in [-0.3, -0.25) is 9.48 Å². The molecular weight excluding hydrogens is 230 g/mol. The van der Waals surface area contributed by atoms with Crippen molar-refractivity contribution in [2.24, 2.45) is 13.0 Å². The van der Waals surface area contributed by atoms with E-state index in [2.05, 4.69) is 10.4 Å². The molecule has 102 valence electrons. The second kappa shape index (κ2) is 6.54. The van der Waals surface area contributed by atoms with E-state index in [-0.39, 0.29) is 17.9 Å². The summed E-state index contributed by atoms with van der Waals surface area (Å²) in [6, 6.07) is 0. The molecule has 0 aliphatic rings. The lowest BCUT2D eigenvalue weighted by atomic mass is 10.0. The smallest absolute Gasteiger partial charge is 0.254 e. The summed E-state index contributed by atoms with van der Waals surface area (Å²) in [6.07, 6.45) is 2.67. The molecule has 0 aliphatic heterocycles. The van der Waals surface area contributed by atoms with Gasteiger partial charge in [-0.1, -0.05) is 20.8 Å². The molecule has 1 rings (SSSR count). The summed E-state index contributed by atoms with van der Waals surface area (Å²) < 4.78 is 1.65. The molecule has 0 aliphatic carbocycles. The molecular formula is C13H23N3O2. The first-order valence-corrected chi connectivity index (χ1v) is 6.44. The van der Waals surface area contributed by atoms with Crippen LogP contribution >= 0.6 is 0 Å². The van der Waals surface area contributed by atoms with Gasteiger partial charge in [0.25, 0.3) is 5.91 Å². The average molecular weight is 253 g/mol. The Morgan fingerprint density at radius 1 is 1.56 bits per heavy atom. The number of nitrogens with zero attached hydrogens (tertiary/aromatic N) is 2. The third kappa shape index (κ3) is 3.84. The van der Waals surface area contributed by atoms with Crippen LogP contribution in [-0.4, -0.2) is 33.4 Å². The topological polar surface area (TPSA) is 67.2 Å². The van der Waals surface area contributed by atoms with E-state index < -0.39 is 0 Å². The highest BCUT2D eigenvalue weighted by Crippen LogP contribution is 2.08. The molecule has 2 N–H and O–H groups in total. The van der Waals surface area contributed by atoms with Gasteiger partial charge in [-0.15, -0.1) is 0 Å². The van der Waals surface area contributed by atoms with E-state index in [1.807, 2.05) is 20.8 Å². The Hall–Kier alpha value is -1.36. The maximum Gasteiger partial charge on any atom is 0.254 e. The summed E-state index contributed by atoms with van der Waals surface area (Å²) in [5.41, 5.74) is 1.43. The Kier molecular flexibility index (Phi) is 5.34. The number of nitrogens with one attached hydrogen (secondary N) is 1. The van der Waals surface area contributed by atoms with Gasteiger partial charge in [-0.2, -0.15) is 5.10 Å². The van der Waals surface area contributed by atoms with Crippen molar-refractivity contribution in [2.45, 2.75) is 39.7 Å². The second-order valence-corrected chi connectivity index (χ2v) is 4.87. The zero-order valence-electron chi connectivity index (χ0n) is 11.6. The summed E-state index contributed by atoms with van der Waals surface area (Å²) in [4.78, 5) is 11.9. The molecule has 0 saturated heterocycles. The van der Waals surface area contributed by atoms with Crippen LogP contribution in [0.2, 0.25) is 0 Å². The third-order valence-corrected chi connectivity index (χ3v) is 2.98. The lowest BCUT2D eigenvalue weighted by Gasteiger charge is -2.14. The van der Waals surface area contributed by atoms with Crippen molar-refractivity contribution in [3.8, 4) is 0 Å². The molecule has 1 heterocycles. The molecule has 0 aromatic carbocycles.